The Bertz CT molecular complexity index is 1040. The van der Waals surface area contributed by atoms with Crippen LogP contribution in [0.2, 0.25) is 0 Å². The molecule has 14 heteroatoms. The van der Waals surface area contributed by atoms with Gasteiger partial charge in [-0.25, -0.2) is 4.79 Å². The van der Waals surface area contributed by atoms with Gasteiger partial charge in [-0.1, -0.05) is 0 Å². The summed E-state index contributed by atoms with van der Waals surface area (Å²) in [7, 11) is -2.62. The van der Waals surface area contributed by atoms with Crippen LogP contribution in [0.4, 0.5) is 32.4 Å². The number of hydrogen-bond donors (Lipinski definition) is 1. The first-order chi connectivity index (χ1) is 16.6. The van der Waals surface area contributed by atoms with E-state index in [9.17, 15) is 18.0 Å². The molecule has 0 unspecified atom stereocenters. The number of carbonyl (C=O) groups is 1. The maximum Gasteiger partial charge on any atom is 0.412 e. The van der Waals surface area contributed by atoms with Gasteiger partial charge < -0.3 is 18.5 Å². The van der Waals surface area contributed by atoms with Crippen molar-refractivity contribution in [1.82, 2.24) is 0 Å². The standard InChI is InChI=1S/C22H28BrF5NO5PS/c1-6-32-35(33-7-2)22(27,28)18-16(23)14-11-13(29-19(30)34-20(3,4)5)12-15(17(14)36-18)31-10-8-9-21(24,25)26/h11-12H,6-10H2,1-5H3,(H,29,30). The summed E-state index contributed by atoms with van der Waals surface area (Å²) in [6.45, 7) is 7.88. The van der Waals surface area contributed by atoms with Crippen molar-refractivity contribution in [3.63, 3.8) is 0 Å². The Morgan fingerprint density at radius 1 is 1.08 bits per heavy atom. The topological polar surface area (TPSA) is 66.0 Å². The largest absolute Gasteiger partial charge is 0.492 e. The van der Waals surface area contributed by atoms with Crippen molar-refractivity contribution < 1.29 is 45.3 Å². The molecule has 6 nitrogen and oxygen atoms in total. The zero-order valence-electron chi connectivity index (χ0n) is 20.4. The Morgan fingerprint density at radius 2 is 1.69 bits per heavy atom. The number of ether oxygens (including phenoxy) is 2. The molecule has 204 valence electrons. The molecule has 0 radical (unpaired) electrons. The van der Waals surface area contributed by atoms with Crippen molar-refractivity contribution in [3.8, 4) is 5.75 Å². The lowest BCUT2D eigenvalue weighted by Crippen LogP contribution is -2.27. The minimum atomic E-state index is -4.35. The maximum absolute atomic E-state index is 15.5. The molecule has 1 N–H and O–H groups in total. The number of hydrogen-bond acceptors (Lipinski definition) is 6. The molecule has 0 spiro atoms. The Morgan fingerprint density at radius 3 is 2.22 bits per heavy atom. The Hall–Kier alpha value is -1.27. The Balaban J connectivity index is 2.51. The van der Waals surface area contributed by atoms with E-state index in [1.165, 1.54) is 12.1 Å². The van der Waals surface area contributed by atoms with Gasteiger partial charge in [0.15, 0.2) is 0 Å². The number of carbonyl (C=O) groups excluding carboxylic acids is 1. The van der Waals surface area contributed by atoms with Crippen LogP contribution in [-0.2, 0) is 19.4 Å². The van der Waals surface area contributed by atoms with Crippen LogP contribution in [-0.4, -0.2) is 37.7 Å². The highest BCUT2D eigenvalue weighted by molar-refractivity contribution is 9.10. The number of rotatable bonds is 11. The summed E-state index contributed by atoms with van der Waals surface area (Å²) in [6, 6.07) is 2.81. The molecule has 1 aromatic heterocycles. The lowest BCUT2D eigenvalue weighted by molar-refractivity contribution is -0.136. The van der Waals surface area contributed by atoms with Crippen LogP contribution >= 0.6 is 35.6 Å². The summed E-state index contributed by atoms with van der Waals surface area (Å²) < 4.78 is 90.0. The van der Waals surface area contributed by atoms with Gasteiger partial charge in [-0.05, 0) is 63.0 Å². The highest BCUT2D eigenvalue weighted by atomic mass is 79.9. The second-order valence-corrected chi connectivity index (χ2v) is 11.8. The van der Waals surface area contributed by atoms with Gasteiger partial charge in [0, 0.05) is 28.0 Å². The number of halogens is 6. The number of fused-ring (bicyclic) bond motifs is 1. The van der Waals surface area contributed by atoms with Crippen LogP contribution in [0.15, 0.2) is 16.6 Å². The predicted octanol–water partition coefficient (Wildman–Crippen LogP) is 9.17. The second-order valence-electron chi connectivity index (χ2n) is 8.42. The van der Waals surface area contributed by atoms with Crippen LogP contribution in [0.25, 0.3) is 10.1 Å². The number of amides is 1. The summed E-state index contributed by atoms with van der Waals surface area (Å²) in [5.74, 6) is 0.0469. The van der Waals surface area contributed by atoms with Crippen molar-refractivity contribution in [1.29, 1.82) is 0 Å². The zero-order chi connectivity index (χ0) is 27.3. The quantitative estimate of drug-likeness (QED) is 0.154. The van der Waals surface area contributed by atoms with E-state index >= 15 is 8.78 Å². The van der Waals surface area contributed by atoms with E-state index in [0.29, 0.717) is 11.3 Å². The lowest BCUT2D eigenvalue weighted by Gasteiger charge is -2.24. The fraction of sp³-hybridized carbons (Fsp3) is 0.591. The van der Waals surface area contributed by atoms with Gasteiger partial charge in [-0.2, -0.15) is 22.0 Å². The van der Waals surface area contributed by atoms with Gasteiger partial charge in [0.25, 0.3) is 8.38 Å². The fourth-order valence-electron chi connectivity index (χ4n) is 2.91. The fourth-order valence-corrected chi connectivity index (χ4v) is 6.52. The van der Waals surface area contributed by atoms with Crippen LogP contribution in [0.1, 0.15) is 52.3 Å². The summed E-state index contributed by atoms with van der Waals surface area (Å²) in [4.78, 5) is 11.9. The number of anilines is 1. The Labute approximate surface area is 219 Å². The Kier molecular flexibility index (Phi) is 10.8. The van der Waals surface area contributed by atoms with Gasteiger partial charge in [0.2, 0.25) is 0 Å². The molecule has 1 aromatic carbocycles. The van der Waals surface area contributed by atoms with Crippen LogP contribution < -0.4 is 10.1 Å². The number of nitrogens with one attached hydrogen (secondary N) is 1. The average molecular weight is 624 g/mol. The number of thiophene rings is 1. The third kappa shape index (κ3) is 8.65. The second kappa shape index (κ2) is 12.5. The third-order valence-electron chi connectivity index (χ3n) is 4.20. The first kappa shape index (κ1) is 31.0. The van der Waals surface area contributed by atoms with Gasteiger partial charge in [-0.15, -0.1) is 11.3 Å². The molecule has 2 aromatic rings. The maximum atomic E-state index is 15.5. The molecule has 0 saturated heterocycles. The summed E-state index contributed by atoms with van der Waals surface area (Å²) >= 11 is 3.94. The molecule has 0 aliphatic carbocycles. The molecule has 0 bridgehead atoms. The van der Waals surface area contributed by atoms with E-state index in [-0.39, 0.29) is 57.1 Å². The van der Waals surface area contributed by atoms with Crippen molar-refractivity contribution in [2.24, 2.45) is 0 Å². The van der Waals surface area contributed by atoms with Crippen molar-refractivity contribution in [3.05, 3.63) is 21.5 Å². The smallest absolute Gasteiger partial charge is 0.412 e. The van der Waals surface area contributed by atoms with Gasteiger partial charge in [0.1, 0.15) is 11.4 Å². The first-order valence-corrected chi connectivity index (χ1v) is 13.8. The van der Waals surface area contributed by atoms with E-state index < -0.39 is 38.3 Å². The highest BCUT2D eigenvalue weighted by Gasteiger charge is 2.48. The molecule has 0 fully saturated rings. The van der Waals surface area contributed by atoms with E-state index in [4.69, 9.17) is 18.5 Å². The van der Waals surface area contributed by atoms with Gasteiger partial charge >= 0.3 is 17.9 Å². The van der Waals surface area contributed by atoms with Gasteiger partial charge in [0.05, 0.1) is 29.4 Å². The van der Waals surface area contributed by atoms with E-state index in [1.54, 1.807) is 34.6 Å². The summed E-state index contributed by atoms with van der Waals surface area (Å²) in [5.41, 5.74) is -4.14. The SMILES string of the molecule is CCOP(OCC)C(F)(F)c1sc2c(OCCCC(F)(F)F)cc(NC(=O)OC(C)(C)C)cc2c1Br. The molecule has 1 amide bonds. The summed E-state index contributed by atoms with van der Waals surface area (Å²) in [5, 5.41) is 2.79. The zero-order valence-corrected chi connectivity index (χ0v) is 23.7. The summed E-state index contributed by atoms with van der Waals surface area (Å²) in [6.07, 6.45) is -6.53. The van der Waals surface area contributed by atoms with Crippen molar-refractivity contribution in [2.75, 3.05) is 25.1 Å². The number of benzene rings is 1. The highest BCUT2D eigenvalue weighted by Crippen LogP contribution is 2.63. The first-order valence-electron chi connectivity index (χ1n) is 11.0. The molecule has 36 heavy (non-hydrogen) atoms. The predicted molar refractivity (Wildman–Crippen MR) is 134 cm³/mol. The lowest BCUT2D eigenvalue weighted by atomic mass is 10.2. The molecule has 0 aliphatic heterocycles. The van der Waals surface area contributed by atoms with Crippen molar-refractivity contribution in [2.45, 2.75) is 64.9 Å². The average Bonchev–Trinajstić information content (AvgIpc) is 3.06. The van der Waals surface area contributed by atoms with Crippen LogP contribution in [0.3, 0.4) is 0 Å². The molecule has 2 rings (SSSR count). The van der Waals surface area contributed by atoms with Crippen molar-refractivity contribution >= 4 is 57.5 Å². The van der Waals surface area contributed by atoms with E-state index in [1.807, 2.05) is 0 Å². The van der Waals surface area contributed by atoms with E-state index in [0.717, 1.165) is 0 Å². The van der Waals surface area contributed by atoms with E-state index in [2.05, 4.69) is 21.2 Å². The minimum Gasteiger partial charge on any atom is -0.492 e. The molecule has 0 saturated carbocycles. The molecular formula is C22H28BrF5NO5PS. The normalized spacial score (nSPS) is 12.9. The van der Waals surface area contributed by atoms with Crippen LogP contribution in [0.5, 0.6) is 5.75 Å². The molecule has 0 aliphatic rings. The van der Waals surface area contributed by atoms with Gasteiger partial charge in [-0.3, -0.25) is 5.32 Å². The minimum absolute atomic E-state index is 0.0152. The molecule has 0 atom stereocenters. The third-order valence-corrected chi connectivity index (χ3v) is 8.39. The monoisotopic (exact) mass is 623 g/mol. The number of alkyl halides is 5. The molecular weight excluding hydrogens is 596 g/mol. The van der Waals surface area contributed by atoms with Crippen LogP contribution in [0, 0.1) is 0 Å². The molecule has 1 heterocycles.